The molecule has 0 saturated heterocycles. The second-order valence-electron chi connectivity index (χ2n) is 4.23. The summed E-state index contributed by atoms with van der Waals surface area (Å²) < 4.78 is 4.95. The summed E-state index contributed by atoms with van der Waals surface area (Å²) in [6.45, 7) is 1.65. The molecule has 0 saturated carbocycles. The molecule has 0 aliphatic rings. The van der Waals surface area contributed by atoms with Crippen LogP contribution >= 0.6 is 0 Å². The number of hydrogen-bond acceptors (Lipinski definition) is 4. The Morgan fingerprint density at radius 3 is 2.72 bits per heavy atom. The molecule has 5 heteroatoms. The summed E-state index contributed by atoms with van der Waals surface area (Å²) in [4.78, 5) is 22.2. The minimum atomic E-state index is -0.473. The second kappa shape index (κ2) is 6.64. The van der Waals surface area contributed by atoms with Gasteiger partial charge in [-0.1, -0.05) is 19.1 Å². The van der Waals surface area contributed by atoms with E-state index in [4.69, 9.17) is 16.2 Å². The number of hydrogen-bond donors (Lipinski definition) is 2. The predicted octanol–water partition coefficient (Wildman–Crippen LogP) is 0.866. The topological polar surface area (TPSA) is 95.4 Å². The third-order valence-electron chi connectivity index (χ3n) is 2.55. The summed E-state index contributed by atoms with van der Waals surface area (Å²) in [7, 11) is 0. The first-order valence-electron chi connectivity index (χ1n) is 5.78. The van der Waals surface area contributed by atoms with E-state index in [-0.39, 0.29) is 19.0 Å². The lowest BCUT2D eigenvalue weighted by Crippen LogP contribution is -2.25. The molecule has 0 radical (unpaired) electrons. The molecule has 0 heterocycles. The highest BCUT2D eigenvalue weighted by Gasteiger charge is 2.11. The lowest BCUT2D eigenvalue weighted by atomic mass is 10.1. The average molecular weight is 250 g/mol. The van der Waals surface area contributed by atoms with Crippen molar-refractivity contribution in [2.45, 2.75) is 19.8 Å². The molecule has 98 valence electrons. The highest BCUT2D eigenvalue weighted by molar-refractivity contribution is 5.77. The van der Waals surface area contributed by atoms with Gasteiger partial charge in [-0.25, -0.2) is 0 Å². The zero-order valence-electron chi connectivity index (χ0n) is 10.4. The molecule has 1 rings (SSSR count). The number of rotatable bonds is 6. The number of esters is 1. The monoisotopic (exact) mass is 250 g/mol. The number of carbonyl (C=O) groups is 2. The predicted molar refractivity (Wildman–Crippen MR) is 68.5 cm³/mol. The second-order valence-corrected chi connectivity index (χ2v) is 4.23. The van der Waals surface area contributed by atoms with Crippen molar-refractivity contribution in [3.8, 4) is 0 Å². The van der Waals surface area contributed by atoms with Gasteiger partial charge in [0.2, 0.25) is 5.91 Å². The molecule has 0 aliphatic carbocycles. The zero-order chi connectivity index (χ0) is 13.5. The van der Waals surface area contributed by atoms with E-state index in [9.17, 15) is 9.59 Å². The first kappa shape index (κ1) is 14.0. The number of ether oxygens (including phenoxy) is 1. The molecule has 0 bridgehead atoms. The van der Waals surface area contributed by atoms with E-state index in [2.05, 4.69) is 0 Å². The lowest BCUT2D eigenvalue weighted by Gasteiger charge is -2.08. The summed E-state index contributed by atoms with van der Waals surface area (Å²) in [5.41, 5.74) is 12.3. The van der Waals surface area contributed by atoms with Crippen molar-refractivity contribution >= 4 is 17.6 Å². The Bertz CT molecular complexity index is 432. The van der Waals surface area contributed by atoms with Crippen LogP contribution in [0.4, 0.5) is 5.69 Å². The Balaban J connectivity index is 2.31. The van der Waals surface area contributed by atoms with E-state index in [0.29, 0.717) is 12.1 Å². The van der Waals surface area contributed by atoms with Crippen LogP contribution in [-0.4, -0.2) is 18.5 Å². The van der Waals surface area contributed by atoms with Crippen molar-refractivity contribution in [2.24, 2.45) is 11.7 Å². The van der Waals surface area contributed by atoms with Gasteiger partial charge in [-0.2, -0.15) is 0 Å². The highest BCUT2D eigenvalue weighted by Crippen LogP contribution is 2.09. The van der Waals surface area contributed by atoms with Crippen LogP contribution in [0.2, 0.25) is 0 Å². The van der Waals surface area contributed by atoms with Crippen molar-refractivity contribution in [3.05, 3.63) is 29.8 Å². The van der Waals surface area contributed by atoms with E-state index in [0.717, 1.165) is 5.56 Å². The zero-order valence-corrected chi connectivity index (χ0v) is 10.4. The number of nitrogen functional groups attached to an aromatic ring is 1. The molecule has 1 amide bonds. The van der Waals surface area contributed by atoms with E-state index < -0.39 is 11.8 Å². The average Bonchev–Trinajstić information content (AvgIpc) is 2.33. The molecule has 1 aromatic carbocycles. The Morgan fingerprint density at radius 2 is 2.11 bits per heavy atom. The number of carbonyl (C=O) groups excluding carboxylic acids is 2. The van der Waals surface area contributed by atoms with Crippen LogP contribution in [0.15, 0.2) is 24.3 Å². The molecular weight excluding hydrogens is 232 g/mol. The normalized spacial score (nSPS) is 11.8. The van der Waals surface area contributed by atoms with Gasteiger partial charge in [0.25, 0.3) is 0 Å². The smallest absolute Gasteiger partial charge is 0.306 e. The van der Waals surface area contributed by atoms with E-state index in [1.54, 1.807) is 13.0 Å². The highest BCUT2D eigenvalue weighted by atomic mass is 16.5. The third kappa shape index (κ3) is 4.86. The fourth-order valence-corrected chi connectivity index (χ4v) is 1.37. The number of anilines is 1. The molecule has 18 heavy (non-hydrogen) atoms. The number of benzene rings is 1. The van der Waals surface area contributed by atoms with Crippen LogP contribution in [0.3, 0.4) is 0 Å². The number of amides is 1. The first-order valence-corrected chi connectivity index (χ1v) is 5.78. The summed E-state index contributed by atoms with van der Waals surface area (Å²) in [6, 6.07) is 7.34. The van der Waals surface area contributed by atoms with Gasteiger partial charge in [-0.05, 0) is 24.1 Å². The van der Waals surface area contributed by atoms with Crippen molar-refractivity contribution in [2.75, 3.05) is 12.3 Å². The molecule has 4 N–H and O–H groups in total. The molecule has 5 nitrogen and oxygen atoms in total. The van der Waals surface area contributed by atoms with Crippen LogP contribution < -0.4 is 11.5 Å². The van der Waals surface area contributed by atoms with Gasteiger partial charge < -0.3 is 16.2 Å². The molecule has 0 aliphatic heterocycles. The third-order valence-corrected chi connectivity index (χ3v) is 2.55. The minimum Gasteiger partial charge on any atom is -0.465 e. The van der Waals surface area contributed by atoms with Gasteiger partial charge in [-0.3, -0.25) is 9.59 Å². The number of aryl methyl sites for hydroxylation is 1. The fourth-order valence-electron chi connectivity index (χ4n) is 1.37. The van der Waals surface area contributed by atoms with Gasteiger partial charge >= 0.3 is 5.97 Å². The quantitative estimate of drug-likeness (QED) is 0.578. The van der Waals surface area contributed by atoms with Crippen LogP contribution in [0.5, 0.6) is 0 Å². The lowest BCUT2D eigenvalue weighted by molar-refractivity contribution is -0.145. The van der Waals surface area contributed by atoms with E-state index >= 15 is 0 Å². The molecule has 0 aromatic heterocycles. The van der Waals surface area contributed by atoms with Gasteiger partial charge in [0.15, 0.2) is 0 Å². The standard InChI is InChI=1S/C13H18N2O3/c1-9(13(15)17)8-18-12(16)6-5-10-3-2-4-11(14)7-10/h2-4,7,9H,5-6,8,14H2,1H3,(H2,15,17). The van der Waals surface area contributed by atoms with Crippen molar-refractivity contribution in [1.29, 1.82) is 0 Å². The molecule has 0 spiro atoms. The Hall–Kier alpha value is -2.04. The van der Waals surface area contributed by atoms with Crippen molar-refractivity contribution in [1.82, 2.24) is 0 Å². The largest absolute Gasteiger partial charge is 0.465 e. The Kier molecular flexibility index (Phi) is 5.17. The van der Waals surface area contributed by atoms with Gasteiger partial charge in [0, 0.05) is 12.1 Å². The maximum atomic E-state index is 11.4. The maximum absolute atomic E-state index is 11.4. The molecule has 1 aromatic rings. The van der Waals surface area contributed by atoms with Crippen LogP contribution in [0.1, 0.15) is 18.9 Å². The summed E-state index contributed by atoms with van der Waals surface area (Å²) in [5, 5.41) is 0. The number of nitrogens with two attached hydrogens (primary N) is 2. The van der Waals surface area contributed by atoms with Crippen molar-refractivity contribution in [3.63, 3.8) is 0 Å². The van der Waals surface area contributed by atoms with E-state index in [1.165, 1.54) is 0 Å². The molecule has 0 fully saturated rings. The van der Waals surface area contributed by atoms with Crippen molar-refractivity contribution < 1.29 is 14.3 Å². The van der Waals surface area contributed by atoms with E-state index in [1.807, 2.05) is 18.2 Å². The first-order chi connectivity index (χ1) is 8.49. The molecule has 1 atom stereocenters. The SMILES string of the molecule is CC(COC(=O)CCc1cccc(N)c1)C(N)=O. The minimum absolute atomic E-state index is 0.0328. The van der Waals surface area contributed by atoms with Crippen LogP contribution in [-0.2, 0) is 20.7 Å². The van der Waals surface area contributed by atoms with Crippen LogP contribution in [0, 0.1) is 5.92 Å². The van der Waals surface area contributed by atoms with Gasteiger partial charge in [0.05, 0.1) is 5.92 Å². The number of primary amides is 1. The van der Waals surface area contributed by atoms with Crippen LogP contribution in [0.25, 0.3) is 0 Å². The Labute approximate surface area is 106 Å². The fraction of sp³-hybridized carbons (Fsp3) is 0.385. The summed E-state index contributed by atoms with van der Waals surface area (Å²) in [5.74, 6) is -1.27. The van der Waals surface area contributed by atoms with Gasteiger partial charge in [-0.15, -0.1) is 0 Å². The van der Waals surface area contributed by atoms with Gasteiger partial charge in [0.1, 0.15) is 6.61 Å². The Morgan fingerprint density at radius 1 is 1.39 bits per heavy atom. The molecular formula is C13H18N2O3. The summed E-state index contributed by atoms with van der Waals surface area (Å²) in [6.07, 6.45) is 0.823. The summed E-state index contributed by atoms with van der Waals surface area (Å²) >= 11 is 0. The molecule has 1 unspecified atom stereocenters. The maximum Gasteiger partial charge on any atom is 0.306 e.